The zero-order valence-corrected chi connectivity index (χ0v) is 10.4. The Kier molecular flexibility index (Phi) is 3.49. The van der Waals surface area contributed by atoms with Gasteiger partial charge in [-0.05, 0) is 25.2 Å². The number of amides is 1. The van der Waals surface area contributed by atoms with Crippen LogP contribution >= 0.6 is 0 Å². The van der Waals surface area contributed by atoms with Gasteiger partial charge in [-0.3, -0.25) is 9.59 Å². The van der Waals surface area contributed by atoms with Crippen molar-refractivity contribution >= 4 is 11.9 Å². The monoisotopic (exact) mass is 279 g/mol. The normalized spacial score (nSPS) is 28.3. The van der Waals surface area contributed by atoms with Crippen LogP contribution in [0.4, 0.5) is 13.2 Å². The summed E-state index contributed by atoms with van der Waals surface area (Å²) in [6, 6.07) is 0. The second-order valence-electron chi connectivity index (χ2n) is 5.45. The summed E-state index contributed by atoms with van der Waals surface area (Å²) in [6.45, 7) is -0.880. The van der Waals surface area contributed by atoms with Gasteiger partial charge in [0.15, 0.2) is 5.41 Å². The highest BCUT2D eigenvalue weighted by atomic mass is 19.4. The van der Waals surface area contributed by atoms with E-state index in [-0.39, 0.29) is 24.8 Å². The molecule has 1 aliphatic carbocycles. The largest absolute Gasteiger partial charge is 0.481 e. The molecule has 4 nitrogen and oxygen atoms in total. The van der Waals surface area contributed by atoms with E-state index in [4.69, 9.17) is 5.11 Å². The molecule has 0 bridgehead atoms. The topological polar surface area (TPSA) is 57.6 Å². The van der Waals surface area contributed by atoms with Crippen molar-refractivity contribution in [1.82, 2.24) is 4.90 Å². The van der Waals surface area contributed by atoms with Gasteiger partial charge in [-0.15, -0.1) is 0 Å². The summed E-state index contributed by atoms with van der Waals surface area (Å²) < 4.78 is 38.8. The lowest BCUT2D eigenvalue weighted by atomic mass is 9.82. The first-order chi connectivity index (χ1) is 8.76. The van der Waals surface area contributed by atoms with E-state index in [0.29, 0.717) is 0 Å². The second kappa shape index (κ2) is 4.68. The highest BCUT2D eigenvalue weighted by molar-refractivity contribution is 5.81. The molecule has 2 aliphatic rings. The van der Waals surface area contributed by atoms with E-state index >= 15 is 0 Å². The third kappa shape index (κ3) is 2.42. The predicted molar refractivity (Wildman–Crippen MR) is 59.3 cm³/mol. The third-order valence-electron chi connectivity index (χ3n) is 4.26. The highest BCUT2D eigenvalue weighted by Gasteiger charge is 2.64. The molecule has 2 rings (SSSR count). The maximum atomic E-state index is 12.9. The second-order valence-corrected chi connectivity index (χ2v) is 5.45. The van der Waals surface area contributed by atoms with E-state index in [1.165, 1.54) is 0 Å². The first-order valence-electron chi connectivity index (χ1n) is 6.34. The molecule has 1 atom stereocenters. The summed E-state index contributed by atoms with van der Waals surface area (Å²) in [6.07, 6.45) is -2.22. The van der Waals surface area contributed by atoms with E-state index in [2.05, 4.69) is 0 Å². The molecule has 0 aromatic heterocycles. The number of alkyl halides is 3. The van der Waals surface area contributed by atoms with Gasteiger partial charge in [0.2, 0.25) is 5.91 Å². The molecular formula is C12H16F3NO3. The Bertz CT molecular complexity index is 392. The number of hydrogen-bond donors (Lipinski definition) is 1. The molecule has 2 fully saturated rings. The fraction of sp³-hybridized carbons (Fsp3) is 0.833. The Balaban J connectivity index is 2.04. The smallest absolute Gasteiger partial charge is 0.406 e. The van der Waals surface area contributed by atoms with Crippen LogP contribution in [0.5, 0.6) is 0 Å². The molecule has 1 N–H and O–H groups in total. The molecule has 0 aromatic rings. The fourth-order valence-electron chi connectivity index (χ4n) is 2.62. The Morgan fingerprint density at radius 2 is 1.95 bits per heavy atom. The number of carboxylic acid groups (broad SMARTS) is 1. The third-order valence-corrected chi connectivity index (χ3v) is 4.26. The van der Waals surface area contributed by atoms with Crippen LogP contribution < -0.4 is 0 Å². The minimum Gasteiger partial charge on any atom is -0.481 e. The molecule has 1 saturated carbocycles. The summed E-state index contributed by atoms with van der Waals surface area (Å²) in [5.74, 6) is -1.98. The number of hydrogen-bond acceptors (Lipinski definition) is 2. The predicted octanol–water partition coefficient (Wildman–Crippen LogP) is 2.04. The van der Waals surface area contributed by atoms with Crippen molar-refractivity contribution < 1.29 is 27.9 Å². The zero-order valence-electron chi connectivity index (χ0n) is 10.4. The molecule has 0 radical (unpaired) electrons. The minimum atomic E-state index is -4.83. The van der Waals surface area contributed by atoms with Crippen molar-refractivity contribution in [2.45, 2.75) is 38.3 Å². The molecule has 19 heavy (non-hydrogen) atoms. The van der Waals surface area contributed by atoms with Gasteiger partial charge in [0.25, 0.3) is 0 Å². The molecule has 7 heteroatoms. The number of carbonyl (C=O) groups is 2. The lowest BCUT2D eigenvalue weighted by Gasteiger charge is -2.29. The minimum absolute atomic E-state index is 0.128. The van der Waals surface area contributed by atoms with E-state index in [0.717, 1.165) is 24.2 Å². The molecule has 1 aliphatic heterocycles. The van der Waals surface area contributed by atoms with Crippen molar-refractivity contribution in [3.05, 3.63) is 0 Å². The summed E-state index contributed by atoms with van der Waals surface area (Å²) in [4.78, 5) is 23.9. The van der Waals surface area contributed by atoms with Crippen molar-refractivity contribution in [1.29, 1.82) is 0 Å². The van der Waals surface area contributed by atoms with E-state index < -0.39 is 30.5 Å². The molecule has 1 saturated heterocycles. The van der Waals surface area contributed by atoms with Gasteiger partial charge in [0.05, 0.1) is 0 Å². The van der Waals surface area contributed by atoms with Gasteiger partial charge >= 0.3 is 12.1 Å². The van der Waals surface area contributed by atoms with Gasteiger partial charge in [0.1, 0.15) is 0 Å². The molecule has 108 valence electrons. The molecule has 0 spiro atoms. The molecule has 1 unspecified atom stereocenters. The van der Waals surface area contributed by atoms with E-state index in [9.17, 15) is 22.8 Å². The van der Waals surface area contributed by atoms with Gasteiger partial charge in [0, 0.05) is 19.5 Å². The SMILES string of the molecule is O=C(CC1CCC1)N1CCC(C(=O)O)(C(F)(F)F)C1. The number of carbonyl (C=O) groups excluding carboxylic acids is 1. The van der Waals surface area contributed by atoms with Crippen LogP contribution in [0.15, 0.2) is 0 Å². The highest BCUT2D eigenvalue weighted by Crippen LogP contribution is 2.46. The van der Waals surface area contributed by atoms with Gasteiger partial charge in [-0.25, -0.2) is 0 Å². The first-order valence-corrected chi connectivity index (χ1v) is 6.34. The summed E-state index contributed by atoms with van der Waals surface area (Å²) in [5.41, 5.74) is -2.79. The number of likely N-dealkylation sites (tertiary alicyclic amines) is 1. The van der Waals surface area contributed by atoms with Crippen LogP contribution in [-0.4, -0.2) is 41.1 Å². The number of aliphatic carboxylic acids is 1. The van der Waals surface area contributed by atoms with Crippen LogP contribution in [0.3, 0.4) is 0 Å². The fourth-order valence-corrected chi connectivity index (χ4v) is 2.62. The Morgan fingerprint density at radius 3 is 2.32 bits per heavy atom. The number of halogens is 3. The van der Waals surface area contributed by atoms with E-state index in [1.807, 2.05) is 0 Å². The van der Waals surface area contributed by atoms with Crippen molar-refractivity contribution in [2.24, 2.45) is 11.3 Å². The summed E-state index contributed by atoms with van der Waals surface area (Å²) in [5, 5.41) is 8.88. The van der Waals surface area contributed by atoms with E-state index in [1.54, 1.807) is 0 Å². The Hall–Kier alpha value is -1.27. The molecular weight excluding hydrogens is 263 g/mol. The maximum absolute atomic E-state index is 12.9. The Labute approximate surface area is 108 Å². The van der Waals surface area contributed by atoms with Crippen LogP contribution in [0.2, 0.25) is 0 Å². The summed E-state index contributed by atoms with van der Waals surface area (Å²) >= 11 is 0. The summed E-state index contributed by atoms with van der Waals surface area (Å²) in [7, 11) is 0. The molecule has 1 amide bonds. The van der Waals surface area contributed by atoms with Gasteiger partial charge in [-0.1, -0.05) is 6.42 Å². The first kappa shape index (κ1) is 14.1. The molecule has 1 heterocycles. The average Bonchev–Trinajstić information content (AvgIpc) is 2.68. The average molecular weight is 279 g/mol. The maximum Gasteiger partial charge on any atom is 0.406 e. The quantitative estimate of drug-likeness (QED) is 0.860. The lowest BCUT2D eigenvalue weighted by Crippen LogP contribution is -2.47. The van der Waals surface area contributed by atoms with Crippen LogP contribution in [0.1, 0.15) is 32.1 Å². The zero-order chi connectivity index (χ0) is 14.3. The van der Waals surface area contributed by atoms with Crippen molar-refractivity contribution in [3.8, 4) is 0 Å². The number of rotatable bonds is 3. The Morgan fingerprint density at radius 1 is 1.32 bits per heavy atom. The van der Waals surface area contributed by atoms with Crippen LogP contribution in [-0.2, 0) is 9.59 Å². The van der Waals surface area contributed by atoms with Crippen molar-refractivity contribution in [2.75, 3.05) is 13.1 Å². The van der Waals surface area contributed by atoms with Gasteiger partial charge < -0.3 is 10.0 Å². The van der Waals surface area contributed by atoms with Crippen LogP contribution in [0, 0.1) is 11.3 Å². The standard InChI is InChI=1S/C12H16F3NO3/c13-12(14,15)11(10(18)19)4-5-16(7-11)9(17)6-8-2-1-3-8/h8H,1-7H2,(H,18,19). The van der Waals surface area contributed by atoms with Gasteiger partial charge in [-0.2, -0.15) is 13.2 Å². The number of nitrogens with zero attached hydrogens (tertiary/aromatic N) is 1. The lowest BCUT2D eigenvalue weighted by molar-refractivity contribution is -0.227. The number of carboxylic acids is 1. The van der Waals surface area contributed by atoms with Crippen molar-refractivity contribution in [3.63, 3.8) is 0 Å². The molecule has 0 aromatic carbocycles. The van der Waals surface area contributed by atoms with Crippen LogP contribution in [0.25, 0.3) is 0 Å².